The second-order valence-electron chi connectivity index (χ2n) is 5.87. The molecule has 0 saturated carbocycles. The van der Waals surface area contributed by atoms with E-state index >= 15 is 0 Å². The van der Waals surface area contributed by atoms with E-state index in [1.54, 1.807) is 25.3 Å². The average Bonchev–Trinajstić information content (AvgIpc) is 2.66. The van der Waals surface area contributed by atoms with Gasteiger partial charge in [-0.3, -0.25) is 14.5 Å². The number of methoxy groups -OCH3 is 2. The summed E-state index contributed by atoms with van der Waals surface area (Å²) >= 11 is 6.03. The van der Waals surface area contributed by atoms with Crippen LogP contribution in [0.25, 0.3) is 0 Å². The minimum atomic E-state index is -0.277. The van der Waals surface area contributed by atoms with Gasteiger partial charge in [0.2, 0.25) is 11.8 Å². The second-order valence-corrected chi connectivity index (χ2v) is 6.31. The summed E-state index contributed by atoms with van der Waals surface area (Å²) in [5, 5.41) is 3.28. The number of ether oxygens (including phenoxy) is 2. The van der Waals surface area contributed by atoms with Crippen LogP contribution >= 0.6 is 11.6 Å². The van der Waals surface area contributed by atoms with Gasteiger partial charge in [-0.2, -0.15) is 0 Å². The number of nitrogens with zero attached hydrogens (tertiary/aromatic N) is 1. The van der Waals surface area contributed by atoms with Gasteiger partial charge in [-0.1, -0.05) is 23.7 Å². The van der Waals surface area contributed by atoms with E-state index in [4.69, 9.17) is 21.1 Å². The molecule has 0 heterocycles. The lowest BCUT2D eigenvalue weighted by Crippen LogP contribution is -2.40. The van der Waals surface area contributed by atoms with E-state index in [0.717, 1.165) is 11.3 Å². The van der Waals surface area contributed by atoms with Crippen LogP contribution in [-0.2, 0) is 16.0 Å². The molecule has 27 heavy (non-hydrogen) atoms. The van der Waals surface area contributed by atoms with Crippen molar-refractivity contribution in [3.05, 3.63) is 53.1 Å². The van der Waals surface area contributed by atoms with E-state index in [2.05, 4.69) is 5.32 Å². The van der Waals surface area contributed by atoms with Crippen molar-refractivity contribution in [1.29, 1.82) is 0 Å². The first-order chi connectivity index (χ1) is 12.9. The van der Waals surface area contributed by atoms with Crippen molar-refractivity contribution in [2.24, 2.45) is 0 Å². The van der Waals surface area contributed by atoms with E-state index in [9.17, 15) is 9.59 Å². The molecule has 144 valence electrons. The topological polar surface area (TPSA) is 67.9 Å². The molecule has 2 aromatic carbocycles. The van der Waals surface area contributed by atoms with Crippen molar-refractivity contribution in [2.75, 3.05) is 32.2 Å². The molecule has 7 heteroatoms. The van der Waals surface area contributed by atoms with Gasteiger partial charge in [0.1, 0.15) is 18.0 Å². The third kappa shape index (κ3) is 5.89. The maximum Gasteiger partial charge on any atom is 0.240 e. The Morgan fingerprint density at radius 3 is 2.37 bits per heavy atom. The summed E-state index contributed by atoms with van der Waals surface area (Å²) in [7, 11) is 3.12. The molecule has 1 N–H and O–H groups in total. The van der Waals surface area contributed by atoms with Gasteiger partial charge in [-0.05, 0) is 42.3 Å². The van der Waals surface area contributed by atoms with Crippen LogP contribution in [0.3, 0.4) is 0 Å². The fourth-order valence-electron chi connectivity index (χ4n) is 2.58. The summed E-state index contributed by atoms with van der Waals surface area (Å²) in [6.45, 7) is 1.74. The molecule has 0 unspecified atom stereocenters. The molecule has 6 nitrogen and oxygen atoms in total. The number of halogens is 1. The molecule has 0 aliphatic carbocycles. The fourth-order valence-corrected chi connectivity index (χ4v) is 2.74. The van der Waals surface area contributed by atoms with Crippen LogP contribution in [0.4, 0.5) is 5.69 Å². The number of benzene rings is 2. The predicted octanol–water partition coefficient (Wildman–Crippen LogP) is 3.07. The molecule has 0 spiro atoms. The molecule has 0 bridgehead atoms. The molecule has 0 aliphatic rings. The lowest BCUT2D eigenvalue weighted by Gasteiger charge is -2.23. The Morgan fingerprint density at radius 2 is 1.78 bits per heavy atom. The number of rotatable bonds is 8. The van der Waals surface area contributed by atoms with Crippen molar-refractivity contribution in [1.82, 2.24) is 5.32 Å². The van der Waals surface area contributed by atoms with Crippen molar-refractivity contribution < 1.29 is 19.1 Å². The van der Waals surface area contributed by atoms with Crippen molar-refractivity contribution in [2.45, 2.75) is 13.3 Å². The molecule has 0 atom stereocenters. The first-order valence-electron chi connectivity index (χ1n) is 8.46. The second kappa shape index (κ2) is 9.83. The fraction of sp³-hybridized carbons (Fsp3) is 0.300. The number of hydrogen-bond donors (Lipinski definition) is 1. The van der Waals surface area contributed by atoms with Gasteiger partial charge in [0.25, 0.3) is 0 Å². The maximum atomic E-state index is 12.3. The Bertz CT molecular complexity index is 793. The lowest BCUT2D eigenvalue weighted by molar-refractivity contribution is -0.123. The standard InChI is InChI=1S/C20H23ClN2O4/c1-14(24)23(18-12-16(21)6-9-19(18)27-3)13-20(25)22-11-10-15-4-7-17(26-2)8-5-15/h4-9,12H,10-11,13H2,1-3H3,(H,22,25). The summed E-state index contributed by atoms with van der Waals surface area (Å²) in [5.41, 5.74) is 1.54. The highest BCUT2D eigenvalue weighted by molar-refractivity contribution is 6.31. The van der Waals surface area contributed by atoms with Crippen LogP contribution in [0.2, 0.25) is 5.02 Å². The number of carbonyl (C=O) groups is 2. The Kier molecular flexibility index (Phi) is 7.49. The van der Waals surface area contributed by atoms with E-state index in [0.29, 0.717) is 29.4 Å². The zero-order valence-electron chi connectivity index (χ0n) is 15.6. The van der Waals surface area contributed by atoms with Gasteiger partial charge in [0.15, 0.2) is 0 Å². The molecule has 0 radical (unpaired) electrons. The van der Waals surface area contributed by atoms with E-state index in [-0.39, 0.29) is 18.4 Å². The van der Waals surface area contributed by atoms with Crippen molar-refractivity contribution >= 4 is 29.1 Å². The number of hydrogen-bond acceptors (Lipinski definition) is 4. The summed E-state index contributed by atoms with van der Waals surface area (Å²) in [5.74, 6) is 0.720. The minimum absolute atomic E-state index is 0.116. The van der Waals surface area contributed by atoms with E-state index in [1.807, 2.05) is 24.3 Å². The van der Waals surface area contributed by atoms with Crippen LogP contribution in [-0.4, -0.2) is 39.1 Å². The van der Waals surface area contributed by atoms with Crippen molar-refractivity contribution in [3.8, 4) is 11.5 Å². The Hall–Kier alpha value is -2.73. The van der Waals surface area contributed by atoms with Gasteiger partial charge in [0.05, 0.1) is 19.9 Å². The molecule has 2 aromatic rings. The van der Waals surface area contributed by atoms with Crippen molar-refractivity contribution in [3.63, 3.8) is 0 Å². The maximum absolute atomic E-state index is 12.3. The van der Waals surface area contributed by atoms with E-state index < -0.39 is 0 Å². The first-order valence-corrected chi connectivity index (χ1v) is 8.83. The molecule has 2 rings (SSSR count). The first kappa shape index (κ1) is 20.6. The van der Waals surface area contributed by atoms with Gasteiger partial charge in [0, 0.05) is 18.5 Å². The van der Waals surface area contributed by atoms with Gasteiger partial charge in [-0.25, -0.2) is 0 Å². The SMILES string of the molecule is COc1ccc(CCNC(=O)CN(C(C)=O)c2cc(Cl)ccc2OC)cc1. The predicted molar refractivity (Wildman–Crippen MR) is 106 cm³/mol. The third-order valence-electron chi connectivity index (χ3n) is 4.01. The number of amides is 2. The largest absolute Gasteiger partial charge is 0.497 e. The average molecular weight is 391 g/mol. The van der Waals surface area contributed by atoms with E-state index in [1.165, 1.54) is 18.9 Å². The monoisotopic (exact) mass is 390 g/mol. The summed E-state index contributed by atoms with van der Waals surface area (Å²) in [6.07, 6.45) is 0.677. The Morgan fingerprint density at radius 1 is 1.07 bits per heavy atom. The Balaban J connectivity index is 1.97. The smallest absolute Gasteiger partial charge is 0.240 e. The van der Waals surface area contributed by atoms with Crippen LogP contribution < -0.4 is 19.7 Å². The Labute approximate surface area is 164 Å². The van der Waals surface area contributed by atoms with Crippen LogP contribution in [0.15, 0.2) is 42.5 Å². The van der Waals surface area contributed by atoms with Crippen LogP contribution in [0, 0.1) is 0 Å². The molecule has 0 saturated heterocycles. The summed E-state index contributed by atoms with van der Waals surface area (Å²) < 4.78 is 10.4. The van der Waals surface area contributed by atoms with Crippen LogP contribution in [0.1, 0.15) is 12.5 Å². The number of carbonyl (C=O) groups excluding carboxylic acids is 2. The third-order valence-corrected chi connectivity index (χ3v) is 4.24. The minimum Gasteiger partial charge on any atom is -0.497 e. The normalized spacial score (nSPS) is 10.2. The summed E-state index contributed by atoms with van der Waals surface area (Å²) in [6, 6.07) is 12.6. The number of nitrogens with one attached hydrogen (secondary N) is 1. The highest BCUT2D eigenvalue weighted by atomic mass is 35.5. The molecule has 2 amide bonds. The van der Waals surface area contributed by atoms with Gasteiger partial charge < -0.3 is 14.8 Å². The van der Waals surface area contributed by atoms with Crippen LogP contribution in [0.5, 0.6) is 11.5 Å². The van der Waals surface area contributed by atoms with Gasteiger partial charge in [-0.15, -0.1) is 0 Å². The highest BCUT2D eigenvalue weighted by Gasteiger charge is 2.19. The molecule has 0 fully saturated rings. The quantitative estimate of drug-likeness (QED) is 0.752. The lowest BCUT2D eigenvalue weighted by atomic mass is 10.1. The molecular weight excluding hydrogens is 368 g/mol. The molecular formula is C20H23ClN2O4. The van der Waals surface area contributed by atoms with Gasteiger partial charge >= 0.3 is 0 Å². The number of anilines is 1. The molecule has 0 aliphatic heterocycles. The zero-order chi connectivity index (χ0) is 19.8. The molecule has 0 aromatic heterocycles. The zero-order valence-corrected chi connectivity index (χ0v) is 16.4. The highest BCUT2D eigenvalue weighted by Crippen LogP contribution is 2.31. The summed E-state index contributed by atoms with van der Waals surface area (Å²) in [4.78, 5) is 25.7.